The first-order chi connectivity index (χ1) is 29.0. The number of para-hydroxylation sites is 1. The standard InChI is InChI=1S/C47H29N3O/c1-2-10-30(11-3-1)33-18-22-34(23-19-33)39-26-27-42-43(40-16-8-9-17-41(40)51-42)44(39)47-49-45(37-24-20-31-12-4-6-14-35(31)28-37)48-46(50-47)38-25-21-32-13-5-7-15-36(32)29-38/h1-29H/i1D,2D,3D,8D,9D,10D,11D,17D,27D. The number of benzene rings is 8. The molecule has 0 radical (unpaired) electrons. The fourth-order valence-electron chi connectivity index (χ4n) is 6.64. The normalized spacial score (nSPS) is 14.0. The lowest BCUT2D eigenvalue weighted by Crippen LogP contribution is -2.01. The van der Waals surface area contributed by atoms with Gasteiger partial charge in [0.05, 0.1) is 12.3 Å². The van der Waals surface area contributed by atoms with Gasteiger partial charge in [-0.2, -0.15) is 0 Å². The topological polar surface area (TPSA) is 51.8 Å². The van der Waals surface area contributed by atoms with Crippen molar-refractivity contribution in [3.8, 4) is 56.4 Å². The fourth-order valence-corrected chi connectivity index (χ4v) is 6.64. The van der Waals surface area contributed by atoms with E-state index < -0.39 is 18.1 Å². The lowest BCUT2D eigenvalue weighted by atomic mass is 9.93. The molecule has 51 heavy (non-hydrogen) atoms. The molecule has 238 valence electrons. The highest BCUT2D eigenvalue weighted by Crippen LogP contribution is 2.43. The third-order valence-electron chi connectivity index (χ3n) is 9.14. The highest BCUT2D eigenvalue weighted by molar-refractivity contribution is 6.15. The summed E-state index contributed by atoms with van der Waals surface area (Å²) < 4.78 is 82.8. The van der Waals surface area contributed by atoms with Crippen LogP contribution in [0.15, 0.2) is 180 Å². The minimum absolute atomic E-state index is 0.0225. The maximum Gasteiger partial charge on any atom is 0.165 e. The molecule has 0 atom stereocenters. The Labute approximate surface area is 307 Å². The number of furan rings is 1. The van der Waals surface area contributed by atoms with Crippen LogP contribution in [0.1, 0.15) is 12.3 Å². The van der Waals surface area contributed by atoms with Crippen molar-refractivity contribution in [1.82, 2.24) is 15.0 Å². The highest BCUT2D eigenvalue weighted by Gasteiger charge is 2.22. The molecule has 0 amide bonds. The van der Waals surface area contributed by atoms with Crippen LogP contribution >= 0.6 is 0 Å². The average molecular weight is 661 g/mol. The van der Waals surface area contributed by atoms with Gasteiger partial charge < -0.3 is 4.42 Å². The molecule has 0 N–H and O–H groups in total. The first kappa shape index (κ1) is 21.2. The SMILES string of the molecule is [2H]c1cc2c(oc3c([2H])cc(-c4ccc(-c5c([2H])c([2H])c([2H])c([2H])c5[2H])cc4)c(-c4nc(-c5ccc6ccccc6c5)nc(-c5ccc6ccccc6c5)n4)c32)c([2H])c1[2H]. The zero-order chi connectivity index (χ0) is 41.6. The Morgan fingerprint density at radius 1 is 0.412 bits per heavy atom. The summed E-state index contributed by atoms with van der Waals surface area (Å²) in [5.41, 5.74) is 3.60. The molecule has 0 saturated carbocycles. The smallest absolute Gasteiger partial charge is 0.165 e. The van der Waals surface area contributed by atoms with Gasteiger partial charge in [0.15, 0.2) is 17.5 Å². The van der Waals surface area contributed by atoms with Gasteiger partial charge in [0.25, 0.3) is 0 Å². The van der Waals surface area contributed by atoms with E-state index in [-0.39, 0.29) is 58.8 Å². The number of nitrogens with zero attached hydrogens (tertiary/aromatic N) is 3. The minimum Gasteiger partial charge on any atom is -0.456 e. The number of aromatic nitrogens is 3. The molecule has 0 unspecified atom stereocenters. The predicted molar refractivity (Wildman–Crippen MR) is 209 cm³/mol. The second-order valence-electron chi connectivity index (χ2n) is 12.2. The molecule has 10 rings (SSSR count). The summed E-state index contributed by atoms with van der Waals surface area (Å²) in [6.45, 7) is 0. The number of hydrogen-bond acceptors (Lipinski definition) is 4. The lowest BCUT2D eigenvalue weighted by molar-refractivity contribution is 0.669. The van der Waals surface area contributed by atoms with E-state index in [9.17, 15) is 1.37 Å². The van der Waals surface area contributed by atoms with E-state index >= 15 is 0 Å². The molecule has 10 aromatic rings. The predicted octanol–water partition coefficient (Wildman–Crippen LogP) is 12.4. The molecule has 8 aromatic carbocycles. The zero-order valence-electron chi connectivity index (χ0n) is 35.8. The number of fused-ring (bicyclic) bond motifs is 5. The van der Waals surface area contributed by atoms with Gasteiger partial charge in [-0.15, -0.1) is 0 Å². The second-order valence-corrected chi connectivity index (χ2v) is 12.2. The lowest BCUT2D eigenvalue weighted by Gasteiger charge is -2.14. The molecule has 0 spiro atoms. The zero-order valence-corrected chi connectivity index (χ0v) is 26.8. The van der Waals surface area contributed by atoms with Gasteiger partial charge in [-0.25, -0.2) is 15.0 Å². The third-order valence-corrected chi connectivity index (χ3v) is 9.14. The fraction of sp³-hybridized carbons (Fsp3) is 0. The Morgan fingerprint density at radius 3 is 1.65 bits per heavy atom. The first-order valence-corrected chi connectivity index (χ1v) is 16.4. The molecule has 0 bridgehead atoms. The second kappa shape index (κ2) is 11.9. The molecule has 0 aliphatic carbocycles. The van der Waals surface area contributed by atoms with Crippen molar-refractivity contribution in [3.63, 3.8) is 0 Å². The first-order valence-electron chi connectivity index (χ1n) is 20.9. The Balaban J connectivity index is 1.28. The van der Waals surface area contributed by atoms with Gasteiger partial charge in [0, 0.05) is 27.5 Å². The van der Waals surface area contributed by atoms with Gasteiger partial charge in [0.1, 0.15) is 11.2 Å². The molecule has 2 heterocycles. The summed E-state index contributed by atoms with van der Waals surface area (Å²) in [6.07, 6.45) is 0. The molecule has 4 heteroatoms. The molecule has 0 saturated heterocycles. The maximum atomic E-state index is 9.22. The summed E-state index contributed by atoms with van der Waals surface area (Å²) in [5.74, 6) is 0.980. The molecule has 0 aliphatic rings. The van der Waals surface area contributed by atoms with Crippen LogP contribution in [0.3, 0.4) is 0 Å². The maximum absolute atomic E-state index is 9.22. The van der Waals surface area contributed by atoms with Crippen LogP contribution in [0.5, 0.6) is 0 Å². The third kappa shape index (κ3) is 5.13. The van der Waals surface area contributed by atoms with E-state index in [1.54, 1.807) is 30.3 Å². The van der Waals surface area contributed by atoms with Crippen LogP contribution in [-0.2, 0) is 0 Å². The Kier molecular flexibility index (Phi) is 4.96. The van der Waals surface area contributed by atoms with Crippen molar-refractivity contribution in [1.29, 1.82) is 0 Å². The van der Waals surface area contributed by atoms with Crippen LogP contribution < -0.4 is 0 Å². The molecule has 0 aliphatic heterocycles. The van der Waals surface area contributed by atoms with E-state index in [2.05, 4.69) is 0 Å². The number of rotatable bonds is 5. The van der Waals surface area contributed by atoms with Crippen LogP contribution in [0.2, 0.25) is 0 Å². The molecular formula is C47H29N3O. The van der Waals surface area contributed by atoms with E-state index in [1.807, 2.05) is 84.9 Å². The van der Waals surface area contributed by atoms with Crippen molar-refractivity contribution in [2.24, 2.45) is 0 Å². The van der Waals surface area contributed by atoms with Gasteiger partial charge in [-0.05, 0) is 74.1 Å². The molecule has 0 fully saturated rings. The monoisotopic (exact) mass is 660 g/mol. The molecule has 4 nitrogen and oxygen atoms in total. The summed E-state index contributed by atoms with van der Waals surface area (Å²) in [6, 6.07) is 35.0. The van der Waals surface area contributed by atoms with Gasteiger partial charge in [0.2, 0.25) is 0 Å². The Bertz CT molecular complexity index is 3310. The summed E-state index contributed by atoms with van der Waals surface area (Å²) in [7, 11) is 0. The van der Waals surface area contributed by atoms with Crippen LogP contribution in [0, 0.1) is 0 Å². The van der Waals surface area contributed by atoms with Crippen molar-refractivity contribution >= 4 is 43.5 Å². The van der Waals surface area contributed by atoms with Crippen molar-refractivity contribution in [2.75, 3.05) is 0 Å². The van der Waals surface area contributed by atoms with Crippen molar-refractivity contribution in [2.45, 2.75) is 0 Å². The quantitative estimate of drug-likeness (QED) is 0.184. The van der Waals surface area contributed by atoms with Crippen molar-refractivity contribution < 1.29 is 16.8 Å². The Hall–Kier alpha value is -6.91. The molecular weight excluding hydrogens is 623 g/mol. The average Bonchev–Trinajstić information content (AvgIpc) is 3.66. The van der Waals surface area contributed by atoms with Crippen LogP contribution in [0.25, 0.3) is 99.9 Å². The summed E-state index contributed by atoms with van der Waals surface area (Å²) >= 11 is 0. The van der Waals surface area contributed by atoms with Crippen molar-refractivity contribution in [3.05, 3.63) is 176 Å². The van der Waals surface area contributed by atoms with Gasteiger partial charge >= 0.3 is 0 Å². The van der Waals surface area contributed by atoms with E-state index in [0.29, 0.717) is 44.7 Å². The minimum atomic E-state index is -0.480. The largest absolute Gasteiger partial charge is 0.456 e. The van der Waals surface area contributed by atoms with Gasteiger partial charge in [-0.3, -0.25) is 0 Å². The van der Waals surface area contributed by atoms with Gasteiger partial charge in [-0.1, -0.05) is 145 Å². The van der Waals surface area contributed by atoms with Crippen LogP contribution in [-0.4, -0.2) is 15.0 Å². The number of hydrogen-bond donors (Lipinski definition) is 0. The summed E-state index contributed by atoms with van der Waals surface area (Å²) in [5, 5.41) is 4.79. The van der Waals surface area contributed by atoms with E-state index in [0.717, 1.165) is 32.7 Å². The van der Waals surface area contributed by atoms with E-state index in [1.165, 1.54) is 6.07 Å². The Morgan fingerprint density at radius 2 is 0.980 bits per heavy atom. The highest BCUT2D eigenvalue weighted by atomic mass is 16.3. The van der Waals surface area contributed by atoms with Crippen LogP contribution in [0.4, 0.5) is 0 Å². The summed E-state index contributed by atoms with van der Waals surface area (Å²) in [4.78, 5) is 15.3. The van der Waals surface area contributed by atoms with E-state index in [4.69, 9.17) is 30.3 Å². The molecule has 2 aromatic heterocycles.